The SMILES string of the molecule is CC1CN2CC(F)CC2(COC(C)C)C1. The van der Waals surface area contributed by atoms with Crippen LogP contribution < -0.4 is 0 Å². The van der Waals surface area contributed by atoms with E-state index < -0.39 is 6.17 Å². The lowest BCUT2D eigenvalue weighted by atomic mass is 9.91. The van der Waals surface area contributed by atoms with Gasteiger partial charge in [-0.3, -0.25) is 4.90 Å². The Kier molecular flexibility index (Phi) is 3.04. The van der Waals surface area contributed by atoms with Crippen molar-refractivity contribution in [2.45, 2.75) is 51.4 Å². The molecular formula is C12H22FNO. The number of rotatable bonds is 3. The van der Waals surface area contributed by atoms with Gasteiger partial charge in [-0.15, -0.1) is 0 Å². The third-order valence-electron chi connectivity index (χ3n) is 3.64. The molecule has 0 radical (unpaired) electrons. The Labute approximate surface area is 91.8 Å². The Morgan fingerprint density at radius 2 is 2.13 bits per heavy atom. The first kappa shape index (κ1) is 11.3. The summed E-state index contributed by atoms with van der Waals surface area (Å²) < 4.78 is 19.2. The lowest BCUT2D eigenvalue weighted by molar-refractivity contribution is 0.00254. The highest BCUT2D eigenvalue weighted by molar-refractivity contribution is 5.05. The van der Waals surface area contributed by atoms with Gasteiger partial charge in [-0.1, -0.05) is 6.92 Å². The Morgan fingerprint density at radius 3 is 2.80 bits per heavy atom. The summed E-state index contributed by atoms with van der Waals surface area (Å²) in [5.74, 6) is 0.688. The van der Waals surface area contributed by atoms with Crippen LogP contribution in [0.2, 0.25) is 0 Å². The molecule has 2 rings (SSSR count). The molecule has 2 saturated heterocycles. The van der Waals surface area contributed by atoms with Crippen molar-refractivity contribution in [1.29, 1.82) is 0 Å². The maximum Gasteiger partial charge on any atom is 0.115 e. The average Bonchev–Trinajstić information content (AvgIpc) is 2.53. The molecule has 15 heavy (non-hydrogen) atoms. The van der Waals surface area contributed by atoms with E-state index in [-0.39, 0.29) is 11.6 Å². The van der Waals surface area contributed by atoms with Crippen LogP contribution in [0.15, 0.2) is 0 Å². The van der Waals surface area contributed by atoms with Crippen molar-refractivity contribution in [3.05, 3.63) is 0 Å². The Morgan fingerprint density at radius 1 is 1.40 bits per heavy atom. The van der Waals surface area contributed by atoms with Crippen LogP contribution in [0.4, 0.5) is 4.39 Å². The summed E-state index contributed by atoms with van der Waals surface area (Å²) in [6.07, 6.45) is 1.37. The van der Waals surface area contributed by atoms with Gasteiger partial charge < -0.3 is 4.74 Å². The summed E-state index contributed by atoms with van der Waals surface area (Å²) in [6, 6.07) is 0. The number of hydrogen-bond donors (Lipinski definition) is 0. The number of alkyl halides is 1. The highest BCUT2D eigenvalue weighted by Crippen LogP contribution is 2.42. The lowest BCUT2D eigenvalue weighted by Crippen LogP contribution is -2.43. The molecule has 3 heteroatoms. The third kappa shape index (κ3) is 2.18. The van der Waals surface area contributed by atoms with Crippen LogP contribution in [0.25, 0.3) is 0 Å². The highest BCUT2D eigenvalue weighted by Gasteiger charge is 2.51. The minimum atomic E-state index is -0.645. The van der Waals surface area contributed by atoms with E-state index in [1.165, 1.54) is 0 Å². The monoisotopic (exact) mass is 215 g/mol. The summed E-state index contributed by atoms with van der Waals surface area (Å²) in [4.78, 5) is 2.31. The number of nitrogens with zero attached hydrogens (tertiary/aromatic N) is 1. The molecule has 0 aromatic rings. The molecule has 0 aromatic heterocycles. The Bertz CT molecular complexity index is 218. The number of hydrogen-bond acceptors (Lipinski definition) is 2. The fraction of sp³-hybridized carbons (Fsp3) is 1.00. The van der Waals surface area contributed by atoms with E-state index in [1.54, 1.807) is 0 Å². The molecule has 0 bridgehead atoms. The zero-order valence-electron chi connectivity index (χ0n) is 10.0. The fourth-order valence-corrected chi connectivity index (χ4v) is 3.14. The van der Waals surface area contributed by atoms with Crippen LogP contribution >= 0.6 is 0 Å². The average molecular weight is 215 g/mol. The van der Waals surface area contributed by atoms with Gasteiger partial charge in [0.25, 0.3) is 0 Å². The van der Waals surface area contributed by atoms with E-state index in [2.05, 4.69) is 11.8 Å². The quantitative estimate of drug-likeness (QED) is 0.716. The largest absolute Gasteiger partial charge is 0.377 e. The normalized spacial score (nSPS) is 41.4. The number of fused-ring (bicyclic) bond motifs is 1. The smallest absolute Gasteiger partial charge is 0.115 e. The van der Waals surface area contributed by atoms with Gasteiger partial charge in [0.1, 0.15) is 6.17 Å². The highest BCUT2D eigenvalue weighted by atomic mass is 19.1. The predicted molar refractivity (Wildman–Crippen MR) is 58.7 cm³/mol. The first-order chi connectivity index (χ1) is 7.02. The second-order valence-corrected chi connectivity index (χ2v) is 5.60. The van der Waals surface area contributed by atoms with E-state index in [1.807, 2.05) is 13.8 Å². The van der Waals surface area contributed by atoms with Crippen molar-refractivity contribution < 1.29 is 9.13 Å². The maximum absolute atomic E-state index is 13.4. The molecular weight excluding hydrogens is 193 g/mol. The second-order valence-electron chi connectivity index (χ2n) is 5.60. The molecule has 0 saturated carbocycles. The second kappa shape index (κ2) is 4.02. The van der Waals surface area contributed by atoms with Gasteiger partial charge in [0, 0.05) is 25.0 Å². The molecule has 0 spiro atoms. The minimum Gasteiger partial charge on any atom is -0.377 e. The maximum atomic E-state index is 13.4. The van der Waals surface area contributed by atoms with Gasteiger partial charge in [-0.2, -0.15) is 0 Å². The van der Waals surface area contributed by atoms with Gasteiger partial charge in [0.2, 0.25) is 0 Å². The fourth-order valence-electron chi connectivity index (χ4n) is 3.14. The van der Waals surface area contributed by atoms with Crippen LogP contribution in [-0.4, -0.2) is 42.4 Å². The van der Waals surface area contributed by atoms with Crippen molar-refractivity contribution in [2.75, 3.05) is 19.7 Å². The van der Waals surface area contributed by atoms with Crippen molar-refractivity contribution in [1.82, 2.24) is 4.90 Å². The molecule has 2 nitrogen and oxygen atoms in total. The molecule has 2 fully saturated rings. The molecule has 3 unspecified atom stereocenters. The Balaban J connectivity index is 2.02. The summed E-state index contributed by atoms with van der Waals surface area (Å²) >= 11 is 0. The molecule has 0 amide bonds. The van der Waals surface area contributed by atoms with Gasteiger partial charge in [-0.25, -0.2) is 4.39 Å². The van der Waals surface area contributed by atoms with E-state index in [0.717, 1.165) is 13.0 Å². The summed E-state index contributed by atoms with van der Waals surface area (Å²) in [5.41, 5.74) is 0.0170. The van der Waals surface area contributed by atoms with Crippen LogP contribution in [0.3, 0.4) is 0 Å². The molecule has 0 N–H and O–H groups in total. The van der Waals surface area contributed by atoms with E-state index in [9.17, 15) is 4.39 Å². The van der Waals surface area contributed by atoms with Gasteiger partial charge in [-0.05, 0) is 26.2 Å². The summed E-state index contributed by atoms with van der Waals surface area (Å²) in [6.45, 7) is 8.70. The zero-order valence-corrected chi connectivity index (χ0v) is 10.0. The minimum absolute atomic E-state index is 0.0170. The van der Waals surface area contributed by atoms with E-state index >= 15 is 0 Å². The van der Waals surface area contributed by atoms with Crippen molar-refractivity contribution in [3.8, 4) is 0 Å². The first-order valence-electron chi connectivity index (χ1n) is 6.02. The predicted octanol–water partition coefficient (Wildman–Crippen LogP) is 2.23. The van der Waals surface area contributed by atoms with Crippen LogP contribution in [0.1, 0.15) is 33.6 Å². The van der Waals surface area contributed by atoms with Crippen LogP contribution in [0.5, 0.6) is 0 Å². The van der Waals surface area contributed by atoms with Crippen molar-refractivity contribution in [2.24, 2.45) is 5.92 Å². The van der Waals surface area contributed by atoms with Crippen LogP contribution in [0, 0.1) is 5.92 Å². The van der Waals surface area contributed by atoms with Gasteiger partial charge in [0.15, 0.2) is 0 Å². The molecule has 2 heterocycles. The third-order valence-corrected chi connectivity index (χ3v) is 3.64. The van der Waals surface area contributed by atoms with E-state index in [4.69, 9.17) is 4.74 Å². The topological polar surface area (TPSA) is 12.5 Å². The lowest BCUT2D eigenvalue weighted by Gasteiger charge is -2.32. The summed E-state index contributed by atoms with van der Waals surface area (Å²) in [5, 5.41) is 0. The summed E-state index contributed by atoms with van der Waals surface area (Å²) in [7, 11) is 0. The van der Waals surface area contributed by atoms with Crippen molar-refractivity contribution >= 4 is 0 Å². The van der Waals surface area contributed by atoms with E-state index in [0.29, 0.717) is 25.5 Å². The number of halogens is 1. The molecule has 88 valence electrons. The molecule has 2 aliphatic rings. The van der Waals surface area contributed by atoms with Crippen LogP contribution in [-0.2, 0) is 4.74 Å². The van der Waals surface area contributed by atoms with Crippen molar-refractivity contribution in [3.63, 3.8) is 0 Å². The zero-order chi connectivity index (χ0) is 11.1. The number of ether oxygens (including phenoxy) is 1. The standard InChI is InChI=1S/C12H22FNO/c1-9(2)15-8-12-4-10(3)6-14(12)7-11(13)5-12/h9-11H,4-8H2,1-3H3. The first-order valence-corrected chi connectivity index (χ1v) is 6.02. The molecule has 2 aliphatic heterocycles. The molecule has 0 aromatic carbocycles. The van der Waals surface area contributed by atoms with Gasteiger partial charge >= 0.3 is 0 Å². The van der Waals surface area contributed by atoms with Gasteiger partial charge in [0.05, 0.1) is 12.7 Å². The Hall–Kier alpha value is -0.150. The molecule has 3 atom stereocenters. The molecule has 0 aliphatic carbocycles.